The Bertz CT molecular complexity index is 607. The lowest BCUT2D eigenvalue weighted by Gasteiger charge is -2.20. The molecule has 1 aliphatic rings. The minimum absolute atomic E-state index is 0.0627. The minimum Gasteiger partial charge on any atom is -0.351 e. The van der Waals surface area contributed by atoms with E-state index in [2.05, 4.69) is 5.32 Å². The lowest BCUT2D eigenvalue weighted by Crippen LogP contribution is -2.37. The van der Waals surface area contributed by atoms with Gasteiger partial charge in [0.05, 0.1) is 11.6 Å². The zero-order chi connectivity index (χ0) is 17.7. The van der Waals surface area contributed by atoms with Gasteiger partial charge in [0, 0.05) is 31.7 Å². The molecule has 1 aromatic carbocycles. The fraction of sp³-hybridized carbons (Fsp3) is 0.500. The number of thioether (sulfide) groups is 1. The SMILES string of the molecule is CSCCC(=O)NC1CC(=O)N(Cc2ccccc2C(F)(F)F)C1. The second-order valence-corrected chi connectivity index (χ2v) is 6.63. The number of hydrogen-bond acceptors (Lipinski definition) is 3. The molecule has 0 saturated carbocycles. The molecule has 0 bridgehead atoms. The van der Waals surface area contributed by atoms with Crippen LogP contribution in [0.3, 0.4) is 0 Å². The smallest absolute Gasteiger partial charge is 0.351 e. The van der Waals surface area contributed by atoms with Crippen molar-refractivity contribution < 1.29 is 22.8 Å². The summed E-state index contributed by atoms with van der Waals surface area (Å²) in [6.07, 6.45) is -2.07. The number of carbonyl (C=O) groups is 2. The van der Waals surface area contributed by atoms with E-state index in [0.29, 0.717) is 12.2 Å². The molecular formula is C16H19F3N2O2S. The first kappa shape index (κ1) is 18.6. The topological polar surface area (TPSA) is 49.4 Å². The number of benzene rings is 1. The molecule has 1 aromatic rings. The summed E-state index contributed by atoms with van der Waals surface area (Å²) in [6.45, 7) is 0.127. The summed E-state index contributed by atoms with van der Waals surface area (Å²) in [5, 5.41) is 2.77. The Morgan fingerprint density at radius 3 is 2.75 bits per heavy atom. The van der Waals surface area contributed by atoms with Gasteiger partial charge in [0.25, 0.3) is 0 Å². The van der Waals surface area contributed by atoms with Crippen molar-refractivity contribution in [1.82, 2.24) is 10.2 Å². The van der Waals surface area contributed by atoms with Crippen LogP contribution in [-0.2, 0) is 22.3 Å². The normalized spacial score (nSPS) is 18.1. The predicted octanol–water partition coefficient (Wildman–Crippen LogP) is 2.68. The molecule has 1 saturated heterocycles. The molecule has 24 heavy (non-hydrogen) atoms. The van der Waals surface area contributed by atoms with Gasteiger partial charge in [-0.2, -0.15) is 24.9 Å². The number of rotatable bonds is 6. The van der Waals surface area contributed by atoms with Gasteiger partial charge in [0.15, 0.2) is 0 Å². The lowest BCUT2D eigenvalue weighted by molar-refractivity contribution is -0.139. The van der Waals surface area contributed by atoms with Gasteiger partial charge in [-0.3, -0.25) is 9.59 Å². The molecule has 0 aromatic heterocycles. The third kappa shape index (κ3) is 4.90. The number of amides is 2. The van der Waals surface area contributed by atoms with Crippen LogP contribution in [0.15, 0.2) is 24.3 Å². The Morgan fingerprint density at radius 2 is 2.08 bits per heavy atom. The van der Waals surface area contributed by atoms with Crippen LogP contribution in [0.5, 0.6) is 0 Å². The van der Waals surface area contributed by atoms with E-state index in [4.69, 9.17) is 0 Å². The van der Waals surface area contributed by atoms with Gasteiger partial charge in [-0.1, -0.05) is 18.2 Å². The molecule has 0 spiro atoms. The van der Waals surface area contributed by atoms with Crippen molar-refractivity contribution in [2.45, 2.75) is 31.6 Å². The van der Waals surface area contributed by atoms with E-state index in [1.165, 1.54) is 23.1 Å². The number of nitrogens with one attached hydrogen (secondary N) is 1. The van der Waals surface area contributed by atoms with Crippen LogP contribution < -0.4 is 5.32 Å². The average Bonchev–Trinajstić information content (AvgIpc) is 2.84. The van der Waals surface area contributed by atoms with Crippen LogP contribution in [-0.4, -0.2) is 41.3 Å². The number of nitrogens with zero attached hydrogens (tertiary/aromatic N) is 1. The van der Waals surface area contributed by atoms with Gasteiger partial charge in [-0.15, -0.1) is 0 Å². The van der Waals surface area contributed by atoms with Crippen molar-refractivity contribution in [3.8, 4) is 0 Å². The third-order valence-corrected chi connectivity index (χ3v) is 4.41. The second-order valence-electron chi connectivity index (χ2n) is 5.64. The highest BCUT2D eigenvalue weighted by Crippen LogP contribution is 2.32. The van der Waals surface area contributed by atoms with Gasteiger partial charge >= 0.3 is 6.18 Å². The molecule has 132 valence electrons. The fourth-order valence-electron chi connectivity index (χ4n) is 2.66. The first-order valence-electron chi connectivity index (χ1n) is 7.52. The molecular weight excluding hydrogens is 341 g/mol. The third-order valence-electron chi connectivity index (χ3n) is 3.80. The molecule has 1 N–H and O–H groups in total. The Balaban J connectivity index is 2.00. The summed E-state index contributed by atoms with van der Waals surface area (Å²) in [5.41, 5.74) is -0.669. The van der Waals surface area contributed by atoms with Crippen LogP contribution >= 0.6 is 11.8 Å². The Hall–Kier alpha value is -1.70. The van der Waals surface area contributed by atoms with E-state index in [9.17, 15) is 22.8 Å². The number of alkyl halides is 3. The monoisotopic (exact) mass is 360 g/mol. The van der Waals surface area contributed by atoms with E-state index in [0.717, 1.165) is 6.07 Å². The van der Waals surface area contributed by atoms with Crippen molar-refractivity contribution in [2.75, 3.05) is 18.6 Å². The van der Waals surface area contributed by atoms with Crippen molar-refractivity contribution >= 4 is 23.6 Å². The molecule has 2 rings (SSSR count). The first-order chi connectivity index (χ1) is 11.3. The summed E-state index contributed by atoms with van der Waals surface area (Å²) < 4.78 is 39.1. The molecule has 2 amide bonds. The molecule has 1 unspecified atom stereocenters. The van der Waals surface area contributed by atoms with Crippen LogP contribution in [0.2, 0.25) is 0 Å². The van der Waals surface area contributed by atoms with E-state index >= 15 is 0 Å². The summed E-state index contributed by atoms with van der Waals surface area (Å²) >= 11 is 1.55. The van der Waals surface area contributed by atoms with E-state index < -0.39 is 11.7 Å². The predicted molar refractivity (Wildman–Crippen MR) is 86.4 cm³/mol. The zero-order valence-electron chi connectivity index (χ0n) is 13.2. The quantitative estimate of drug-likeness (QED) is 0.849. The van der Waals surface area contributed by atoms with E-state index in [1.807, 2.05) is 6.26 Å². The van der Waals surface area contributed by atoms with Crippen LogP contribution in [0, 0.1) is 0 Å². The molecule has 1 heterocycles. The number of carbonyl (C=O) groups excluding carboxylic acids is 2. The van der Waals surface area contributed by atoms with Gasteiger partial charge < -0.3 is 10.2 Å². The van der Waals surface area contributed by atoms with Crippen molar-refractivity contribution in [2.24, 2.45) is 0 Å². The molecule has 4 nitrogen and oxygen atoms in total. The standard InChI is InChI=1S/C16H19F3N2O2S/c1-24-7-6-14(22)20-12-8-15(23)21(10-12)9-11-4-2-3-5-13(11)16(17,18)19/h2-5,12H,6-10H2,1H3,(H,20,22). The summed E-state index contributed by atoms with van der Waals surface area (Å²) in [4.78, 5) is 25.1. The van der Waals surface area contributed by atoms with Gasteiger partial charge in [-0.05, 0) is 17.9 Å². The maximum absolute atomic E-state index is 13.0. The first-order valence-corrected chi connectivity index (χ1v) is 8.92. The van der Waals surface area contributed by atoms with Crippen molar-refractivity contribution in [1.29, 1.82) is 0 Å². The van der Waals surface area contributed by atoms with Crippen LogP contribution in [0.25, 0.3) is 0 Å². The van der Waals surface area contributed by atoms with E-state index in [1.54, 1.807) is 11.8 Å². The maximum Gasteiger partial charge on any atom is 0.416 e. The van der Waals surface area contributed by atoms with Crippen molar-refractivity contribution in [3.05, 3.63) is 35.4 Å². The lowest BCUT2D eigenvalue weighted by atomic mass is 10.1. The molecule has 0 aliphatic carbocycles. The van der Waals surface area contributed by atoms with Gasteiger partial charge in [0.2, 0.25) is 11.8 Å². The zero-order valence-corrected chi connectivity index (χ0v) is 14.0. The van der Waals surface area contributed by atoms with Crippen LogP contribution in [0.1, 0.15) is 24.0 Å². The number of halogens is 3. The summed E-state index contributed by atoms with van der Waals surface area (Å²) in [6, 6.07) is 4.89. The Morgan fingerprint density at radius 1 is 1.38 bits per heavy atom. The molecule has 1 aliphatic heterocycles. The largest absolute Gasteiger partial charge is 0.416 e. The highest BCUT2D eigenvalue weighted by molar-refractivity contribution is 7.98. The highest BCUT2D eigenvalue weighted by atomic mass is 32.2. The number of likely N-dealkylation sites (tertiary alicyclic amines) is 1. The molecule has 8 heteroatoms. The molecule has 0 radical (unpaired) electrons. The molecule has 1 atom stereocenters. The minimum atomic E-state index is -4.45. The Kier molecular flexibility index (Phi) is 6.15. The summed E-state index contributed by atoms with van der Waals surface area (Å²) in [7, 11) is 0. The van der Waals surface area contributed by atoms with Crippen LogP contribution in [0.4, 0.5) is 13.2 Å². The maximum atomic E-state index is 13.0. The molecule has 1 fully saturated rings. The second kappa shape index (κ2) is 7.92. The average molecular weight is 360 g/mol. The summed E-state index contributed by atoms with van der Waals surface area (Å²) in [5.74, 6) is 0.302. The van der Waals surface area contributed by atoms with Gasteiger partial charge in [0.1, 0.15) is 0 Å². The van der Waals surface area contributed by atoms with Crippen molar-refractivity contribution in [3.63, 3.8) is 0 Å². The fourth-order valence-corrected chi connectivity index (χ4v) is 3.05. The number of hydrogen-bond donors (Lipinski definition) is 1. The Labute approximate surface area is 142 Å². The van der Waals surface area contributed by atoms with Gasteiger partial charge in [-0.25, -0.2) is 0 Å². The van der Waals surface area contributed by atoms with E-state index in [-0.39, 0.29) is 42.9 Å². The highest BCUT2D eigenvalue weighted by Gasteiger charge is 2.35.